The highest BCUT2D eigenvalue weighted by Gasteiger charge is 2.34. The van der Waals surface area contributed by atoms with Crippen molar-refractivity contribution in [2.45, 2.75) is 50.4 Å². The van der Waals surface area contributed by atoms with Crippen LogP contribution in [-0.4, -0.2) is 43.4 Å². The molecule has 3 aromatic rings. The van der Waals surface area contributed by atoms with Crippen molar-refractivity contribution in [3.05, 3.63) is 24.0 Å². The Hall–Kier alpha value is -2.40. The number of nitrogens with zero attached hydrogens (tertiary/aromatic N) is 5. The minimum atomic E-state index is -4.58. The maximum Gasteiger partial charge on any atom is 0.419 e. The quantitative estimate of drug-likeness (QED) is 0.665. The van der Waals surface area contributed by atoms with Crippen LogP contribution in [0.25, 0.3) is 16.2 Å². The number of hydrogen-bond acceptors (Lipinski definition) is 7. The first-order chi connectivity index (χ1) is 13.5. The third-order valence-electron chi connectivity index (χ3n) is 5.43. The number of anilines is 2. The van der Waals surface area contributed by atoms with Crippen molar-refractivity contribution in [2.75, 3.05) is 17.7 Å². The van der Waals surface area contributed by atoms with Crippen LogP contribution in [0.1, 0.15) is 38.2 Å². The SMILES string of the molecule is CN(c1nn2cc(-c3cnc(N)c(C(F)(F)F)c3)nc2s1)C1CCC(C)(O)CC1. The van der Waals surface area contributed by atoms with Gasteiger partial charge in [0.2, 0.25) is 10.1 Å². The summed E-state index contributed by atoms with van der Waals surface area (Å²) in [7, 11) is 1.96. The highest BCUT2D eigenvalue weighted by molar-refractivity contribution is 7.20. The number of aliphatic hydroxyl groups is 1. The second kappa shape index (κ2) is 6.84. The number of alkyl halides is 3. The number of halogens is 3. The van der Waals surface area contributed by atoms with Gasteiger partial charge >= 0.3 is 6.18 Å². The van der Waals surface area contributed by atoms with Gasteiger partial charge in [-0.25, -0.2) is 14.5 Å². The highest BCUT2D eigenvalue weighted by atomic mass is 32.1. The molecular formula is C18H21F3N6OS. The fourth-order valence-electron chi connectivity index (χ4n) is 3.58. The van der Waals surface area contributed by atoms with Crippen LogP contribution >= 0.6 is 11.3 Å². The molecule has 1 aliphatic rings. The number of pyridine rings is 1. The summed E-state index contributed by atoms with van der Waals surface area (Å²) in [5, 5.41) is 15.4. The van der Waals surface area contributed by atoms with Gasteiger partial charge in [-0.2, -0.15) is 13.2 Å². The molecule has 1 saturated carbocycles. The Balaban J connectivity index is 1.58. The van der Waals surface area contributed by atoms with Crippen LogP contribution in [-0.2, 0) is 6.18 Å². The molecule has 0 saturated heterocycles. The summed E-state index contributed by atoms with van der Waals surface area (Å²) in [6, 6.07) is 1.23. The van der Waals surface area contributed by atoms with Crippen molar-refractivity contribution < 1.29 is 18.3 Å². The van der Waals surface area contributed by atoms with Gasteiger partial charge < -0.3 is 15.7 Å². The lowest BCUT2D eigenvalue weighted by atomic mass is 9.83. The number of hydrogen-bond donors (Lipinski definition) is 2. The molecule has 3 aromatic heterocycles. The lowest BCUT2D eigenvalue weighted by Gasteiger charge is -2.37. The number of imidazole rings is 1. The van der Waals surface area contributed by atoms with Crippen molar-refractivity contribution in [2.24, 2.45) is 0 Å². The van der Waals surface area contributed by atoms with E-state index < -0.39 is 23.2 Å². The van der Waals surface area contributed by atoms with E-state index in [1.807, 2.05) is 14.0 Å². The highest BCUT2D eigenvalue weighted by Crippen LogP contribution is 2.36. The molecule has 29 heavy (non-hydrogen) atoms. The molecule has 0 radical (unpaired) electrons. The topological polar surface area (TPSA) is 92.6 Å². The Morgan fingerprint density at radius 2 is 2.03 bits per heavy atom. The Kier molecular flexibility index (Phi) is 4.69. The molecule has 1 aliphatic carbocycles. The summed E-state index contributed by atoms with van der Waals surface area (Å²) < 4.78 is 40.8. The van der Waals surface area contributed by atoms with E-state index in [1.54, 1.807) is 10.7 Å². The molecule has 0 aliphatic heterocycles. The monoisotopic (exact) mass is 426 g/mol. The lowest BCUT2D eigenvalue weighted by molar-refractivity contribution is -0.137. The molecule has 0 spiro atoms. The van der Waals surface area contributed by atoms with Crippen molar-refractivity contribution in [1.29, 1.82) is 0 Å². The normalized spacial score (nSPS) is 22.9. The molecule has 7 nitrogen and oxygen atoms in total. The van der Waals surface area contributed by atoms with E-state index in [4.69, 9.17) is 5.73 Å². The van der Waals surface area contributed by atoms with E-state index in [2.05, 4.69) is 20.0 Å². The van der Waals surface area contributed by atoms with Crippen molar-refractivity contribution in [3.63, 3.8) is 0 Å². The van der Waals surface area contributed by atoms with Gasteiger partial charge in [-0.05, 0) is 38.7 Å². The van der Waals surface area contributed by atoms with Crippen LogP contribution in [0.15, 0.2) is 18.5 Å². The summed E-state index contributed by atoms with van der Waals surface area (Å²) in [4.78, 5) is 10.7. The first kappa shape index (κ1) is 19.9. The number of aromatic nitrogens is 4. The third kappa shape index (κ3) is 3.88. The summed E-state index contributed by atoms with van der Waals surface area (Å²) in [6.45, 7) is 1.86. The van der Waals surface area contributed by atoms with Gasteiger partial charge in [-0.3, -0.25) is 0 Å². The van der Waals surface area contributed by atoms with Crippen LogP contribution in [0.3, 0.4) is 0 Å². The Morgan fingerprint density at radius 1 is 1.34 bits per heavy atom. The van der Waals surface area contributed by atoms with Gasteiger partial charge in [0.15, 0.2) is 0 Å². The molecule has 3 heterocycles. The molecule has 0 unspecified atom stereocenters. The predicted molar refractivity (Wildman–Crippen MR) is 105 cm³/mol. The van der Waals surface area contributed by atoms with E-state index in [-0.39, 0.29) is 11.6 Å². The first-order valence-electron chi connectivity index (χ1n) is 9.18. The Morgan fingerprint density at radius 3 is 2.66 bits per heavy atom. The van der Waals surface area contributed by atoms with Gasteiger partial charge in [0, 0.05) is 24.8 Å². The second-order valence-corrected chi connectivity index (χ2v) is 8.67. The summed E-state index contributed by atoms with van der Waals surface area (Å²) in [6.07, 6.45) is 1.49. The third-order valence-corrected chi connectivity index (χ3v) is 6.45. The van der Waals surface area contributed by atoms with E-state index in [0.717, 1.165) is 36.9 Å². The summed E-state index contributed by atoms with van der Waals surface area (Å²) in [5.74, 6) is -0.559. The van der Waals surface area contributed by atoms with Crippen LogP contribution < -0.4 is 10.6 Å². The molecule has 11 heteroatoms. The Labute approximate surface area is 169 Å². The van der Waals surface area contributed by atoms with Gasteiger partial charge in [0.25, 0.3) is 0 Å². The smallest absolute Gasteiger partial charge is 0.390 e. The zero-order valence-electron chi connectivity index (χ0n) is 15.9. The van der Waals surface area contributed by atoms with Crippen molar-refractivity contribution >= 4 is 27.2 Å². The number of rotatable bonds is 3. The van der Waals surface area contributed by atoms with E-state index in [9.17, 15) is 18.3 Å². The molecule has 1 fully saturated rings. The zero-order chi connectivity index (χ0) is 21.0. The van der Waals surface area contributed by atoms with Gasteiger partial charge in [-0.15, -0.1) is 5.10 Å². The number of fused-ring (bicyclic) bond motifs is 1. The van der Waals surface area contributed by atoms with E-state index >= 15 is 0 Å². The first-order valence-corrected chi connectivity index (χ1v) is 10.00. The van der Waals surface area contributed by atoms with Gasteiger partial charge in [-0.1, -0.05) is 11.3 Å². The van der Waals surface area contributed by atoms with E-state index in [0.29, 0.717) is 10.7 Å². The van der Waals surface area contributed by atoms with Crippen molar-refractivity contribution in [1.82, 2.24) is 19.6 Å². The second-order valence-electron chi connectivity index (χ2n) is 7.73. The van der Waals surface area contributed by atoms with E-state index in [1.165, 1.54) is 17.5 Å². The Bertz CT molecular complexity index is 1000. The molecule has 4 rings (SSSR count). The zero-order valence-corrected chi connectivity index (χ0v) is 16.8. The predicted octanol–water partition coefficient (Wildman–Crippen LogP) is 3.58. The average Bonchev–Trinajstić information content (AvgIpc) is 3.19. The van der Waals surface area contributed by atoms with Crippen molar-refractivity contribution in [3.8, 4) is 11.3 Å². The summed E-state index contributed by atoms with van der Waals surface area (Å²) in [5.41, 5.74) is 4.36. The summed E-state index contributed by atoms with van der Waals surface area (Å²) >= 11 is 1.36. The molecule has 0 aromatic carbocycles. The molecule has 0 atom stereocenters. The fourth-order valence-corrected chi connectivity index (χ4v) is 4.50. The largest absolute Gasteiger partial charge is 0.419 e. The number of nitrogens with two attached hydrogens (primary N) is 1. The van der Waals surface area contributed by atoms with Gasteiger partial charge in [0.05, 0.1) is 23.1 Å². The maximum absolute atomic E-state index is 13.1. The van der Waals surface area contributed by atoms with Crippen LogP contribution in [0.2, 0.25) is 0 Å². The molecule has 0 bridgehead atoms. The maximum atomic E-state index is 13.1. The minimum absolute atomic E-state index is 0.230. The standard InChI is InChI=1S/C18H21F3N6OS/c1-17(28)5-3-11(4-6-17)26(2)16-25-27-9-13(24-15(27)29-16)10-7-12(18(19,20)21)14(22)23-8-10/h7-9,11,28H,3-6H2,1-2H3,(H2,22,23). The fraction of sp³-hybridized carbons (Fsp3) is 0.500. The number of nitrogen functional groups attached to an aromatic ring is 1. The van der Waals surface area contributed by atoms with Crippen LogP contribution in [0.5, 0.6) is 0 Å². The van der Waals surface area contributed by atoms with Crippen LogP contribution in [0, 0.1) is 0 Å². The minimum Gasteiger partial charge on any atom is -0.390 e. The average molecular weight is 426 g/mol. The van der Waals surface area contributed by atoms with Crippen LogP contribution in [0.4, 0.5) is 24.1 Å². The van der Waals surface area contributed by atoms with Gasteiger partial charge in [0.1, 0.15) is 5.82 Å². The molecule has 156 valence electrons. The molecular weight excluding hydrogens is 405 g/mol. The molecule has 0 amide bonds. The molecule has 3 N–H and O–H groups in total. The lowest BCUT2D eigenvalue weighted by Crippen LogP contribution is -2.40.